The number of benzene rings is 1. The van der Waals surface area contributed by atoms with Crippen LogP contribution in [-0.2, 0) is 4.74 Å². The maximum absolute atomic E-state index is 11.8. The van der Waals surface area contributed by atoms with Gasteiger partial charge in [-0.1, -0.05) is 0 Å². The number of hydrogen-bond acceptors (Lipinski definition) is 4. The van der Waals surface area contributed by atoms with Crippen molar-refractivity contribution in [3.05, 3.63) is 24.1 Å². The standard InChI is InChI=1S/C14H17N3O3/c1-9-16-12-7-10(4-5-13(12)20-9)17-14(18)15-8-11-3-2-6-19-11/h4-5,7,11H,2-3,6,8H2,1H3,(H2,15,17,18). The van der Waals surface area contributed by atoms with Gasteiger partial charge < -0.3 is 19.8 Å². The molecule has 2 N–H and O–H groups in total. The number of carbonyl (C=O) groups excluding carboxylic acids is 1. The highest BCUT2D eigenvalue weighted by molar-refractivity contribution is 5.91. The van der Waals surface area contributed by atoms with Gasteiger partial charge in [-0.2, -0.15) is 0 Å². The summed E-state index contributed by atoms with van der Waals surface area (Å²) in [6.07, 6.45) is 2.21. The van der Waals surface area contributed by atoms with Gasteiger partial charge in [-0.3, -0.25) is 0 Å². The Bertz CT molecular complexity index is 617. The number of ether oxygens (including phenoxy) is 1. The van der Waals surface area contributed by atoms with Crippen molar-refractivity contribution in [2.24, 2.45) is 0 Å². The number of rotatable bonds is 3. The normalized spacial score (nSPS) is 18.4. The first kappa shape index (κ1) is 12.9. The van der Waals surface area contributed by atoms with Gasteiger partial charge in [-0.05, 0) is 31.0 Å². The van der Waals surface area contributed by atoms with Crippen LogP contribution in [-0.4, -0.2) is 30.3 Å². The highest BCUT2D eigenvalue weighted by Gasteiger charge is 2.16. The molecule has 6 nitrogen and oxygen atoms in total. The predicted octanol–water partition coefficient (Wildman–Crippen LogP) is 2.44. The molecule has 1 atom stereocenters. The van der Waals surface area contributed by atoms with Crippen molar-refractivity contribution < 1.29 is 13.9 Å². The molecule has 1 aliphatic rings. The molecule has 1 saturated heterocycles. The summed E-state index contributed by atoms with van der Waals surface area (Å²) < 4.78 is 10.8. The van der Waals surface area contributed by atoms with E-state index in [2.05, 4.69) is 15.6 Å². The van der Waals surface area contributed by atoms with Gasteiger partial charge in [0.25, 0.3) is 0 Å². The van der Waals surface area contributed by atoms with Crippen LogP contribution in [0.5, 0.6) is 0 Å². The third kappa shape index (κ3) is 2.91. The SMILES string of the molecule is Cc1nc2cc(NC(=O)NCC3CCCO3)ccc2o1. The number of nitrogens with one attached hydrogen (secondary N) is 2. The number of aryl methyl sites for hydroxylation is 1. The molecule has 0 aliphatic carbocycles. The monoisotopic (exact) mass is 275 g/mol. The Balaban J connectivity index is 1.58. The summed E-state index contributed by atoms with van der Waals surface area (Å²) in [4.78, 5) is 16.0. The molecular weight excluding hydrogens is 258 g/mol. The number of fused-ring (bicyclic) bond motifs is 1. The Hall–Kier alpha value is -2.08. The minimum Gasteiger partial charge on any atom is -0.441 e. The van der Waals surface area contributed by atoms with Crippen LogP contribution in [0, 0.1) is 6.92 Å². The van der Waals surface area contributed by atoms with Crippen molar-refractivity contribution in [2.75, 3.05) is 18.5 Å². The molecule has 3 rings (SSSR count). The van der Waals surface area contributed by atoms with Gasteiger partial charge in [0.15, 0.2) is 11.5 Å². The van der Waals surface area contributed by atoms with Crippen LogP contribution < -0.4 is 10.6 Å². The Morgan fingerprint density at radius 2 is 2.40 bits per heavy atom. The number of hydrogen-bond donors (Lipinski definition) is 2. The molecule has 2 amide bonds. The Morgan fingerprint density at radius 3 is 3.20 bits per heavy atom. The number of nitrogens with zero attached hydrogens (tertiary/aromatic N) is 1. The lowest BCUT2D eigenvalue weighted by molar-refractivity contribution is 0.112. The van der Waals surface area contributed by atoms with E-state index in [1.807, 2.05) is 0 Å². The van der Waals surface area contributed by atoms with Crippen LogP contribution >= 0.6 is 0 Å². The van der Waals surface area contributed by atoms with Crippen LogP contribution in [0.25, 0.3) is 11.1 Å². The van der Waals surface area contributed by atoms with Crippen LogP contribution in [0.3, 0.4) is 0 Å². The number of amides is 2. The first-order valence-electron chi connectivity index (χ1n) is 6.74. The van der Waals surface area contributed by atoms with Gasteiger partial charge in [0.2, 0.25) is 0 Å². The minimum absolute atomic E-state index is 0.140. The summed E-state index contributed by atoms with van der Waals surface area (Å²) in [6.45, 7) is 3.12. The van der Waals surface area contributed by atoms with Gasteiger partial charge in [0.05, 0.1) is 6.10 Å². The van der Waals surface area contributed by atoms with Gasteiger partial charge in [0, 0.05) is 25.8 Å². The summed E-state index contributed by atoms with van der Waals surface area (Å²) in [5.74, 6) is 0.611. The quantitative estimate of drug-likeness (QED) is 0.902. The topological polar surface area (TPSA) is 76.4 Å². The largest absolute Gasteiger partial charge is 0.441 e. The van der Waals surface area contributed by atoms with Crippen molar-refractivity contribution in [2.45, 2.75) is 25.9 Å². The second kappa shape index (κ2) is 5.50. The van der Waals surface area contributed by atoms with E-state index < -0.39 is 0 Å². The molecule has 2 aromatic rings. The molecule has 1 aliphatic heterocycles. The third-order valence-electron chi connectivity index (χ3n) is 3.27. The van der Waals surface area contributed by atoms with Crippen LogP contribution in [0.15, 0.2) is 22.6 Å². The van der Waals surface area contributed by atoms with Gasteiger partial charge in [0.1, 0.15) is 5.52 Å². The van der Waals surface area contributed by atoms with Crippen LogP contribution in [0.1, 0.15) is 18.7 Å². The molecule has 1 aromatic carbocycles. The van der Waals surface area contributed by atoms with E-state index in [1.54, 1.807) is 25.1 Å². The molecular formula is C14H17N3O3. The molecule has 1 unspecified atom stereocenters. The first-order chi connectivity index (χ1) is 9.70. The lowest BCUT2D eigenvalue weighted by Gasteiger charge is -2.11. The summed E-state index contributed by atoms with van der Waals surface area (Å²) in [6, 6.07) is 5.14. The maximum atomic E-state index is 11.8. The van der Waals surface area contributed by atoms with Crippen molar-refractivity contribution in [3.63, 3.8) is 0 Å². The summed E-state index contributed by atoms with van der Waals surface area (Å²) in [7, 11) is 0. The van der Waals surface area contributed by atoms with Gasteiger partial charge in [-0.15, -0.1) is 0 Å². The Kier molecular flexibility index (Phi) is 3.56. The molecule has 6 heteroatoms. The van der Waals surface area contributed by atoms with Crippen LogP contribution in [0.2, 0.25) is 0 Å². The van der Waals surface area contributed by atoms with E-state index in [9.17, 15) is 4.79 Å². The fraction of sp³-hybridized carbons (Fsp3) is 0.429. The zero-order valence-corrected chi connectivity index (χ0v) is 11.3. The summed E-state index contributed by atoms with van der Waals surface area (Å²) in [5.41, 5.74) is 2.14. The number of carbonyl (C=O) groups is 1. The number of oxazole rings is 1. The molecule has 106 valence electrons. The van der Waals surface area contributed by atoms with Crippen LogP contribution in [0.4, 0.5) is 10.5 Å². The van der Waals surface area contributed by atoms with E-state index in [1.165, 1.54) is 0 Å². The van der Waals surface area contributed by atoms with E-state index >= 15 is 0 Å². The maximum Gasteiger partial charge on any atom is 0.319 e. The molecule has 1 fully saturated rings. The fourth-order valence-electron chi connectivity index (χ4n) is 2.31. The van der Waals surface area contributed by atoms with Crippen molar-refractivity contribution >= 4 is 22.8 Å². The number of aromatic nitrogens is 1. The molecule has 0 saturated carbocycles. The number of anilines is 1. The summed E-state index contributed by atoms with van der Waals surface area (Å²) >= 11 is 0. The molecule has 0 bridgehead atoms. The van der Waals surface area contributed by atoms with E-state index in [-0.39, 0.29) is 12.1 Å². The van der Waals surface area contributed by atoms with E-state index in [0.717, 1.165) is 25.0 Å². The molecule has 20 heavy (non-hydrogen) atoms. The zero-order chi connectivity index (χ0) is 13.9. The lowest BCUT2D eigenvalue weighted by Crippen LogP contribution is -2.34. The van der Waals surface area contributed by atoms with Gasteiger partial charge in [-0.25, -0.2) is 9.78 Å². The zero-order valence-electron chi connectivity index (χ0n) is 11.3. The smallest absolute Gasteiger partial charge is 0.319 e. The Labute approximate surface area is 116 Å². The fourth-order valence-corrected chi connectivity index (χ4v) is 2.31. The first-order valence-corrected chi connectivity index (χ1v) is 6.74. The summed E-state index contributed by atoms with van der Waals surface area (Å²) in [5, 5.41) is 5.59. The number of urea groups is 1. The Morgan fingerprint density at radius 1 is 1.50 bits per heavy atom. The second-order valence-electron chi connectivity index (χ2n) is 4.89. The van der Waals surface area contributed by atoms with E-state index in [0.29, 0.717) is 23.7 Å². The highest BCUT2D eigenvalue weighted by atomic mass is 16.5. The van der Waals surface area contributed by atoms with E-state index in [4.69, 9.17) is 9.15 Å². The minimum atomic E-state index is -0.236. The van der Waals surface area contributed by atoms with Crippen molar-refractivity contribution in [1.29, 1.82) is 0 Å². The predicted molar refractivity (Wildman–Crippen MR) is 74.7 cm³/mol. The van der Waals surface area contributed by atoms with Gasteiger partial charge >= 0.3 is 6.03 Å². The molecule has 2 heterocycles. The second-order valence-corrected chi connectivity index (χ2v) is 4.89. The lowest BCUT2D eigenvalue weighted by atomic mass is 10.2. The molecule has 1 aromatic heterocycles. The molecule has 0 spiro atoms. The average molecular weight is 275 g/mol. The van der Waals surface area contributed by atoms with Crippen molar-refractivity contribution in [1.82, 2.24) is 10.3 Å². The average Bonchev–Trinajstić information content (AvgIpc) is 3.04. The van der Waals surface area contributed by atoms with Crippen molar-refractivity contribution in [3.8, 4) is 0 Å². The third-order valence-corrected chi connectivity index (χ3v) is 3.27. The molecule has 0 radical (unpaired) electrons. The highest BCUT2D eigenvalue weighted by Crippen LogP contribution is 2.19.